The summed E-state index contributed by atoms with van der Waals surface area (Å²) in [6.45, 7) is 2.20. The summed E-state index contributed by atoms with van der Waals surface area (Å²) in [6.07, 6.45) is 4.68. The highest BCUT2D eigenvalue weighted by Gasteiger charge is 2.05. The molecule has 3 rings (SSSR count). The third kappa shape index (κ3) is 5.59. The fraction of sp³-hybridized carbons (Fsp3) is 0.238. The first-order valence-corrected chi connectivity index (χ1v) is 9.36. The predicted molar refractivity (Wildman–Crippen MR) is 111 cm³/mol. The summed E-state index contributed by atoms with van der Waals surface area (Å²) in [5.41, 5.74) is 2.31. The molecule has 140 valence electrons. The van der Waals surface area contributed by atoms with Crippen molar-refractivity contribution in [2.75, 3.05) is 13.6 Å². The Hall–Kier alpha value is -2.79. The average molecular weight is 382 g/mol. The predicted octanol–water partition coefficient (Wildman–Crippen LogP) is 3.49. The summed E-state index contributed by atoms with van der Waals surface area (Å²) >= 11 is 6.20. The van der Waals surface area contributed by atoms with Crippen LogP contribution in [0.2, 0.25) is 5.02 Å². The van der Waals surface area contributed by atoms with E-state index in [1.54, 1.807) is 7.05 Å². The molecule has 2 aromatic carbocycles. The minimum Gasteiger partial charge on any atom is -0.356 e. The van der Waals surface area contributed by atoms with Gasteiger partial charge in [0.25, 0.3) is 0 Å². The van der Waals surface area contributed by atoms with Crippen LogP contribution >= 0.6 is 11.6 Å². The number of rotatable bonds is 7. The van der Waals surface area contributed by atoms with Crippen LogP contribution < -0.4 is 10.6 Å². The second-order valence-corrected chi connectivity index (χ2v) is 6.56. The molecule has 0 spiro atoms. The van der Waals surface area contributed by atoms with Crippen LogP contribution in [-0.2, 0) is 19.5 Å². The highest BCUT2D eigenvalue weighted by molar-refractivity contribution is 6.31. The number of hydrogen-bond acceptors (Lipinski definition) is 2. The van der Waals surface area contributed by atoms with Crippen molar-refractivity contribution in [1.29, 1.82) is 0 Å². The van der Waals surface area contributed by atoms with E-state index in [9.17, 15) is 0 Å². The van der Waals surface area contributed by atoms with Gasteiger partial charge in [0.2, 0.25) is 0 Å². The molecule has 0 aliphatic carbocycles. The Bertz CT molecular complexity index is 873. The summed E-state index contributed by atoms with van der Waals surface area (Å²) in [5, 5.41) is 7.37. The fourth-order valence-corrected chi connectivity index (χ4v) is 3.03. The van der Waals surface area contributed by atoms with E-state index in [1.807, 2.05) is 42.7 Å². The van der Waals surface area contributed by atoms with Gasteiger partial charge in [-0.05, 0) is 17.2 Å². The lowest BCUT2D eigenvalue weighted by Crippen LogP contribution is -2.38. The maximum atomic E-state index is 6.20. The van der Waals surface area contributed by atoms with Crippen LogP contribution in [0, 0.1) is 0 Å². The third-order valence-corrected chi connectivity index (χ3v) is 4.63. The van der Waals surface area contributed by atoms with Gasteiger partial charge in [-0.2, -0.15) is 0 Å². The normalized spacial score (nSPS) is 11.4. The first-order chi connectivity index (χ1) is 13.3. The summed E-state index contributed by atoms with van der Waals surface area (Å²) in [7, 11) is 1.76. The molecule has 1 heterocycles. The number of guanidine groups is 1. The van der Waals surface area contributed by atoms with E-state index < -0.39 is 0 Å². The van der Waals surface area contributed by atoms with E-state index in [-0.39, 0.29) is 0 Å². The Kier molecular flexibility index (Phi) is 6.88. The van der Waals surface area contributed by atoms with Crippen molar-refractivity contribution in [3.8, 4) is 0 Å². The lowest BCUT2D eigenvalue weighted by molar-refractivity contribution is 0.694. The van der Waals surface area contributed by atoms with Crippen molar-refractivity contribution < 1.29 is 0 Å². The molecule has 27 heavy (non-hydrogen) atoms. The largest absolute Gasteiger partial charge is 0.356 e. The van der Waals surface area contributed by atoms with Crippen LogP contribution in [0.25, 0.3) is 0 Å². The Morgan fingerprint density at radius 2 is 1.85 bits per heavy atom. The summed E-state index contributed by atoms with van der Waals surface area (Å²) in [5.74, 6) is 1.80. The smallest absolute Gasteiger partial charge is 0.191 e. The van der Waals surface area contributed by atoms with Gasteiger partial charge in [0.1, 0.15) is 5.82 Å². The highest BCUT2D eigenvalue weighted by Crippen LogP contribution is 2.14. The van der Waals surface area contributed by atoms with Gasteiger partial charge in [0, 0.05) is 50.5 Å². The standard InChI is InChI=1S/C21H24ClN5/c1-23-21(26-15-18-9-5-6-10-19(18)22)25-12-11-20-24-13-14-27(20)16-17-7-3-2-4-8-17/h2-10,13-14H,11-12,15-16H2,1H3,(H2,23,25,26). The lowest BCUT2D eigenvalue weighted by Gasteiger charge is -2.13. The molecule has 0 amide bonds. The molecule has 1 aromatic heterocycles. The van der Waals surface area contributed by atoms with E-state index in [0.717, 1.165) is 41.9 Å². The molecular formula is C21H24ClN5. The van der Waals surface area contributed by atoms with Gasteiger partial charge in [-0.1, -0.05) is 60.1 Å². The van der Waals surface area contributed by atoms with Gasteiger partial charge in [0.15, 0.2) is 5.96 Å². The second-order valence-electron chi connectivity index (χ2n) is 6.15. The topological polar surface area (TPSA) is 54.2 Å². The Balaban J connectivity index is 1.49. The van der Waals surface area contributed by atoms with Crippen LogP contribution in [0.4, 0.5) is 0 Å². The van der Waals surface area contributed by atoms with E-state index in [0.29, 0.717) is 6.54 Å². The minimum atomic E-state index is 0.627. The first kappa shape index (κ1) is 19.0. The van der Waals surface area contributed by atoms with Crippen molar-refractivity contribution in [3.05, 3.63) is 89.0 Å². The Morgan fingerprint density at radius 3 is 2.63 bits per heavy atom. The van der Waals surface area contributed by atoms with Crippen LogP contribution in [0.5, 0.6) is 0 Å². The van der Waals surface area contributed by atoms with E-state index in [1.165, 1.54) is 5.56 Å². The molecule has 0 saturated carbocycles. The van der Waals surface area contributed by atoms with Crippen molar-refractivity contribution in [2.24, 2.45) is 4.99 Å². The number of halogens is 1. The molecular weight excluding hydrogens is 358 g/mol. The Morgan fingerprint density at radius 1 is 1.07 bits per heavy atom. The molecule has 0 unspecified atom stereocenters. The quantitative estimate of drug-likeness (QED) is 0.486. The molecule has 2 N–H and O–H groups in total. The summed E-state index contributed by atoms with van der Waals surface area (Å²) in [6, 6.07) is 18.2. The zero-order valence-electron chi connectivity index (χ0n) is 15.4. The van der Waals surface area contributed by atoms with Crippen molar-refractivity contribution in [2.45, 2.75) is 19.5 Å². The minimum absolute atomic E-state index is 0.627. The number of nitrogens with one attached hydrogen (secondary N) is 2. The van der Waals surface area contributed by atoms with Gasteiger partial charge in [0.05, 0.1) is 0 Å². The lowest BCUT2D eigenvalue weighted by atomic mass is 10.2. The van der Waals surface area contributed by atoms with Crippen LogP contribution in [0.3, 0.4) is 0 Å². The summed E-state index contributed by atoms with van der Waals surface area (Å²) in [4.78, 5) is 8.75. The zero-order valence-corrected chi connectivity index (χ0v) is 16.2. The van der Waals surface area contributed by atoms with E-state index >= 15 is 0 Å². The maximum Gasteiger partial charge on any atom is 0.191 e. The van der Waals surface area contributed by atoms with Gasteiger partial charge in [-0.15, -0.1) is 0 Å². The number of imidazole rings is 1. The third-order valence-electron chi connectivity index (χ3n) is 4.27. The number of aliphatic imine (C=N–C) groups is 1. The SMILES string of the molecule is CN=C(NCCc1nccn1Cc1ccccc1)NCc1ccccc1Cl. The first-order valence-electron chi connectivity index (χ1n) is 8.98. The van der Waals surface area contributed by atoms with Gasteiger partial charge in [-0.3, -0.25) is 4.99 Å². The number of aromatic nitrogens is 2. The highest BCUT2D eigenvalue weighted by atomic mass is 35.5. The van der Waals surface area contributed by atoms with Crippen LogP contribution in [-0.4, -0.2) is 29.1 Å². The number of benzene rings is 2. The van der Waals surface area contributed by atoms with Crippen molar-refractivity contribution in [3.63, 3.8) is 0 Å². The molecule has 3 aromatic rings. The van der Waals surface area contributed by atoms with Gasteiger partial charge >= 0.3 is 0 Å². The molecule has 0 aliphatic heterocycles. The molecule has 6 heteroatoms. The van der Waals surface area contributed by atoms with Crippen molar-refractivity contribution >= 4 is 17.6 Å². The molecule has 0 bridgehead atoms. The molecule has 0 radical (unpaired) electrons. The molecule has 0 fully saturated rings. The van der Waals surface area contributed by atoms with Crippen LogP contribution in [0.15, 0.2) is 72.0 Å². The number of nitrogens with zero attached hydrogens (tertiary/aromatic N) is 3. The second kappa shape index (κ2) is 9.78. The van der Waals surface area contributed by atoms with Crippen LogP contribution in [0.1, 0.15) is 17.0 Å². The molecule has 5 nitrogen and oxygen atoms in total. The zero-order chi connectivity index (χ0) is 18.9. The summed E-state index contributed by atoms with van der Waals surface area (Å²) < 4.78 is 2.18. The average Bonchev–Trinajstić information content (AvgIpc) is 3.13. The van der Waals surface area contributed by atoms with Gasteiger partial charge in [-0.25, -0.2) is 4.98 Å². The van der Waals surface area contributed by atoms with Crippen molar-refractivity contribution in [1.82, 2.24) is 20.2 Å². The monoisotopic (exact) mass is 381 g/mol. The fourth-order valence-electron chi connectivity index (χ4n) is 2.83. The van der Waals surface area contributed by atoms with E-state index in [4.69, 9.17) is 11.6 Å². The Labute approximate surface area is 165 Å². The maximum absolute atomic E-state index is 6.20. The molecule has 0 atom stereocenters. The number of hydrogen-bond donors (Lipinski definition) is 2. The molecule has 0 saturated heterocycles. The van der Waals surface area contributed by atoms with Gasteiger partial charge < -0.3 is 15.2 Å². The van der Waals surface area contributed by atoms with E-state index in [2.05, 4.69) is 49.4 Å². The molecule has 0 aliphatic rings.